The lowest BCUT2D eigenvalue weighted by molar-refractivity contribution is 0.746. The van der Waals surface area contributed by atoms with E-state index in [0.29, 0.717) is 5.02 Å². The summed E-state index contributed by atoms with van der Waals surface area (Å²) in [4.78, 5) is 10.1. The van der Waals surface area contributed by atoms with Crippen molar-refractivity contribution < 1.29 is 0 Å². The Labute approximate surface area is 131 Å². The molecule has 0 spiro atoms. The van der Waals surface area contributed by atoms with Crippen LogP contribution >= 0.6 is 34.5 Å². The van der Waals surface area contributed by atoms with Gasteiger partial charge in [0, 0.05) is 9.90 Å². The number of imidazole rings is 1. The van der Waals surface area contributed by atoms with E-state index in [1.54, 1.807) is 11.3 Å². The molecule has 0 amide bonds. The number of thiazole rings is 1. The third-order valence-corrected chi connectivity index (χ3v) is 4.59. The van der Waals surface area contributed by atoms with E-state index in [2.05, 4.69) is 14.5 Å². The fraction of sp³-hybridized carbons (Fsp3) is 0.286. The van der Waals surface area contributed by atoms with Crippen LogP contribution in [0.4, 0.5) is 0 Å². The smallest absolute Gasteiger partial charge is 0.128 e. The lowest BCUT2D eigenvalue weighted by Gasteiger charge is -2.10. The number of halogens is 2. The van der Waals surface area contributed by atoms with Crippen LogP contribution in [-0.2, 0) is 6.54 Å². The van der Waals surface area contributed by atoms with Gasteiger partial charge >= 0.3 is 0 Å². The minimum atomic E-state index is -0.158. The highest BCUT2D eigenvalue weighted by atomic mass is 35.5. The largest absolute Gasteiger partial charge is 0.321 e. The van der Waals surface area contributed by atoms with Crippen molar-refractivity contribution in [3.05, 3.63) is 45.1 Å². The van der Waals surface area contributed by atoms with Gasteiger partial charge in [0.05, 0.1) is 34.2 Å². The minimum absolute atomic E-state index is 0.158. The van der Waals surface area contributed by atoms with Gasteiger partial charge in [-0.15, -0.1) is 22.9 Å². The van der Waals surface area contributed by atoms with E-state index in [9.17, 15) is 0 Å². The Kier molecular flexibility index (Phi) is 3.71. The molecule has 1 atom stereocenters. The van der Waals surface area contributed by atoms with Gasteiger partial charge in [-0.1, -0.05) is 11.6 Å². The molecule has 0 N–H and O–H groups in total. The van der Waals surface area contributed by atoms with E-state index in [-0.39, 0.29) is 5.38 Å². The molecule has 6 heteroatoms. The SMILES string of the molecule is Cc1ncsc1Cn1c(C(C)Cl)nc2ccc(Cl)cc21. The van der Waals surface area contributed by atoms with Gasteiger partial charge in [0.15, 0.2) is 0 Å². The number of aryl methyl sites for hydroxylation is 1. The predicted molar refractivity (Wildman–Crippen MR) is 85.0 cm³/mol. The maximum absolute atomic E-state index is 6.27. The first-order chi connectivity index (χ1) is 9.56. The molecule has 0 saturated carbocycles. The van der Waals surface area contributed by atoms with Crippen molar-refractivity contribution in [1.29, 1.82) is 0 Å². The quantitative estimate of drug-likeness (QED) is 0.647. The Morgan fingerprint density at radius 1 is 1.40 bits per heavy atom. The molecule has 3 nitrogen and oxygen atoms in total. The van der Waals surface area contributed by atoms with Crippen LogP contribution in [0.25, 0.3) is 11.0 Å². The van der Waals surface area contributed by atoms with Gasteiger partial charge in [0.25, 0.3) is 0 Å². The first kappa shape index (κ1) is 13.9. The van der Waals surface area contributed by atoms with Crippen molar-refractivity contribution in [1.82, 2.24) is 14.5 Å². The molecule has 0 aliphatic rings. The van der Waals surface area contributed by atoms with Crippen LogP contribution in [0.2, 0.25) is 5.02 Å². The fourth-order valence-electron chi connectivity index (χ4n) is 2.21. The number of nitrogens with zero attached hydrogens (tertiary/aromatic N) is 3. The molecular weight excluding hydrogens is 313 g/mol. The van der Waals surface area contributed by atoms with Gasteiger partial charge in [0.2, 0.25) is 0 Å². The molecule has 0 aliphatic carbocycles. The summed E-state index contributed by atoms with van der Waals surface area (Å²) in [5.41, 5.74) is 4.83. The molecule has 1 unspecified atom stereocenters. The summed E-state index contributed by atoms with van der Waals surface area (Å²) in [6.45, 7) is 4.67. The van der Waals surface area contributed by atoms with Gasteiger partial charge in [-0.3, -0.25) is 0 Å². The topological polar surface area (TPSA) is 30.7 Å². The monoisotopic (exact) mass is 325 g/mol. The van der Waals surface area contributed by atoms with Gasteiger partial charge in [-0.25, -0.2) is 9.97 Å². The standard InChI is InChI=1S/C14H13Cl2N3S/c1-8(15)14-18-11-4-3-10(16)5-12(11)19(14)6-13-9(2)17-7-20-13/h3-5,7-8H,6H2,1-2H3. The van der Waals surface area contributed by atoms with Crippen LogP contribution in [0.15, 0.2) is 23.7 Å². The average molecular weight is 326 g/mol. The van der Waals surface area contributed by atoms with E-state index >= 15 is 0 Å². The highest BCUT2D eigenvalue weighted by molar-refractivity contribution is 7.09. The van der Waals surface area contributed by atoms with Crippen molar-refractivity contribution in [3.63, 3.8) is 0 Å². The summed E-state index contributed by atoms with van der Waals surface area (Å²) < 4.78 is 2.12. The Bertz CT molecular complexity index is 761. The van der Waals surface area contributed by atoms with Crippen LogP contribution < -0.4 is 0 Å². The summed E-state index contributed by atoms with van der Waals surface area (Å²) in [6, 6.07) is 5.71. The summed E-state index contributed by atoms with van der Waals surface area (Å²) in [5.74, 6) is 0.858. The Morgan fingerprint density at radius 3 is 2.85 bits per heavy atom. The highest BCUT2D eigenvalue weighted by Crippen LogP contribution is 2.28. The fourth-order valence-corrected chi connectivity index (χ4v) is 3.30. The summed E-state index contributed by atoms with van der Waals surface area (Å²) in [6.07, 6.45) is 0. The normalized spacial score (nSPS) is 13.0. The molecule has 20 heavy (non-hydrogen) atoms. The zero-order valence-electron chi connectivity index (χ0n) is 11.1. The molecule has 1 aromatic carbocycles. The van der Waals surface area contributed by atoms with Crippen molar-refractivity contribution in [2.45, 2.75) is 25.8 Å². The molecule has 3 aromatic rings. The number of benzene rings is 1. The second-order valence-corrected chi connectivity index (χ2v) is 6.70. The molecule has 0 saturated heterocycles. The summed E-state index contributed by atoms with van der Waals surface area (Å²) in [5, 5.41) is 0.544. The third kappa shape index (κ3) is 2.43. The molecule has 0 aliphatic heterocycles. The Morgan fingerprint density at radius 2 is 2.20 bits per heavy atom. The lowest BCUT2D eigenvalue weighted by Crippen LogP contribution is -2.05. The van der Waals surface area contributed by atoms with E-state index in [0.717, 1.165) is 29.1 Å². The zero-order valence-corrected chi connectivity index (χ0v) is 13.4. The minimum Gasteiger partial charge on any atom is -0.321 e. The van der Waals surface area contributed by atoms with Gasteiger partial charge in [-0.2, -0.15) is 0 Å². The molecule has 104 valence electrons. The third-order valence-electron chi connectivity index (χ3n) is 3.24. The van der Waals surface area contributed by atoms with E-state index in [1.807, 2.05) is 37.6 Å². The Balaban J connectivity index is 2.18. The predicted octanol–water partition coefficient (Wildman–Crippen LogP) is 4.80. The van der Waals surface area contributed by atoms with Crippen LogP contribution in [-0.4, -0.2) is 14.5 Å². The molecule has 0 fully saturated rings. The first-order valence-electron chi connectivity index (χ1n) is 6.25. The van der Waals surface area contributed by atoms with E-state index in [4.69, 9.17) is 23.2 Å². The summed E-state index contributed by atoms with van der Waals surface area (Å²) >= 11 is 14.0. The first-order valence-corrected chi connectivity index (χ1v) is 7.94. The molecule has 0 radical (unpaired) electrons. The molecule has 0 bridgehead atoms. The van der Waals surface area contributed by atoms with Gasteiger partial charge in [-0.05, 0) is 32.0 Å². The second kappa shape index (κ2) is 5.35. The number of hydrogen-bond acceptors (Lipinski definition) is 3. The van der Waals surface area contributed by atoms with Gasteiger partial charge in [0.1, 0.15) is 5.82 Å². The van der Waals surface area contributed by atoms with Crippen molar-refractivity contribution in [2.75, 3.05) is 0 Å². The molecule has 2 aromatic heterocycles. The number of fused-ring (bicyclic) bond motifs is 1. The Hall–Kier alpha value is -1.10. The van der Waals surface area contributed by atoms with Crippen LogP contribution in [0.5, 0.6) is 0 Å². The van der Waals surface area contributed by atoms with Crippen molar-refractivity contribution in [2.24, 2.45) is 0 Å². The molecular formula is C14H13Cl2N3S. The summed E-state index contributed by atoms with van der Waals surface area (Å²) in [7, 11) is 0. The van der Waals surface area contributed by atoms with E-state index in [1.165, 1.54) is 4.88 Å². The lowest BCUT2D eigenvalue weighted by atomic mass is 10.3. The van der Waals surface area contributed by atoms with Crippen molar-refractivity contribution in [3.8, 4) is 0 Å². The second-order valence-electron chi connectivity index (χ2n) is 4.67. The van der Waals surface area contributed by atoms with Crippen molar-refractivity contribution >= 4 is 45.6 Å². The van der Waals surface area contributed by atoms with Crippen LogP contribution in [0.3, 0.4) is 0 Å². The van der Waals surface area contributed by atoms with Gasteiger partial charge < -0.3 is 4.57 Å². The number of aromatic nitrogens is 3. The highest BCUT2D eigenvalue weighted by Gasteiger charge is 2.16. The maximum Gasteiger partial charge on any atom is 0.128 e. The zero-order chi connectivity index (χ0) is 14.3. The molecule has 3 rings (SSSR count). The average Bonchev–Trinajstić information content (AvgIpc) is 2.95. The van der Waals surface area contributed by atoms with Crippen LogP contribution in [0.1, 0.15) is 28.7 Å². The van der Waals surface area contributed by atoms with Crippen LogP contribution in [0, 0.1) is 6.92 Å². The number of alkyl halides is 1. The number of hydrogen-bond donors (Lipinski definition) is 0. The number of rotatable bonds is 3. The maximum atomic E-state index is 6.27. The molecule has 2 heterocycles. The van der Waals surface area contributed by atoms with E-state index < -0.39 is 0 Å².